The van der Waals surface area contributed by atoms with Crippen molar-refractivity contribution < 1.29 is 0 Å². The summed E-state index contributed by atoms with van der Waals surface area (Å²) in [7, 11) is 0. The molecule has 0 unspecified atom stereocenters. The average Bonchev–Trinajstić information content (AvgIpc) is 2.87. The van der Waals surface area contributed by atoms with Gasteiger partial charge in [0.25, 0.3) is 0 Å². The van der Waals surface area contributed by atoms with E-state index in [2.05, 4.69) is 28.3 Å². The highest BCUT2D eigenvalue weighted by Gasteiger charge is 2.06. The summed E-state index contributed by atoms with van der Waals surface area (Å²) >= 11 is 7.60. The minimum absolute atomic E-state index is 0.692. The summed E-state index contributed by atoms with van der Waals surface area (Å²) in [5.74, 6) is 0. The number of hydrogen-bond donors (Lipinski definition) is 1. The van der Waals surface area contributed by atoms with Crippen molar-refractivity contribution in [2.45, 2.75) is 19.9 Å². The van der Waals surface area contributed by atoms with Crippen molar-refractivity contribution in [1.82, 2.24) is 9.97 Å². The third-order valence-electron chi connectivity index (χ3n) is 3.12. The van der Waals surface area contributed by atoms with Gasteiger partial charge in [-0.1, -0.05) is 35.9 Å². The number of nitrogens with one attached hydrogen (secondary N) is 1. The van der Waals surface area contributed by atoms with Gasteiger partial charge in [-0.15, -0.1) is 0 Å². The molecule has 5 heteroatoms. The van der Waals surface area contributed by atoms with Gasteiger partial charge in [0.1, 0.15) is 0 Å². The summed E-state index contributed by atoms with van der Waals surface area (Å²) in [5, 5.41) is 4.99. The third-order valence-corrected chi connectivity index (χ3v) is 4.33. The van der Waals surface area contributed by atoms with Gasteiger partial charge < -0.3 is 5.32 Å². The summed E-state index contributed by atoms with van der Waals surface area (Å²) in [6.07, 6.45) is 2.81. The first kappa shape index (κ1) is 13.3. The highest BCUT2D eigenvalue weighted by Crippen LogP contribution is 2.28. The fraction of sp³-hybridized carbons (Fsp3) is 0.200. The van der Waals surface area contributed by atoms with Crippen LogP contribution in [-0.4, -0.2) is 9.97 Å². The van der Waals surface area contributed by atoms with E-state index >= 15 is 0 Å². The van der Waals surface area contributed by atoms with Gasteiger partial charge >= 0.3 is 0 Å². The molecule has 3 aromatic rings. The van der Waals surface area contributed by atoms with E-state index in [1.165, 1.54) is 5.56 Å². The molecule has 0 aliphatic rings. The van der Waals surface area contributed by atoms with E-state index in [4.69, 9.17) is 11.6 Å². The first-order valence-electron chi connectivity index (χ1n) is 6.49. The molecule has 0 bridgehead atoms. The fourth-order valence-electron chi connectivity index (χ4n) is 2.09. The topological polar surface area (TPSA) is 37.8 Å². The molecule has 0 saturated heterocycles. The lowest BCUT2D eigenvalue weighted by atomic mass is 10.1. The molecular formula is C15H14ClN3S. The number of halogens is 1. The standard InChI is InChI=1S/C15H14ClN3S/c1-2-10-4-3-7-17-13(10)9-18-15-19-12-6-5-11(16)8-14(12)20-15/h3-8H,2,9H2,1H3,(H,18,19). The van der Waals surface area contributed by atoms with Gasteiger partial charge in [-0.2, -0.15) is 0 Å². The molecule has 2 aromatic heterocycles. The van der Waals surface area contributed by atoms with Crippen LogP contribution in [0.5, 0.6) is 0 Å². The van der Waals surface area contributed by atoms with Crippen molar-refractivity contribution in [2.75, 3.05) is 5.32 Å². The average molecular weight is 304 g/mol. The molecule has 1 N–H and O–H groups in total. The van der Waals surface area contributed by atoms with Crippen LogP contribution in [0.2, 0.25) is 5.02 Å². The van der Waals surface area contributed by atoms with Crippen LogP contribution in [0.1, 0.15) is 18.2 Å². The zero-order valence-electron chi connectivity index (χ0n) is 11.1. The Morgan fingerprint density at radius 3 is 3.05 bits per heavy atom. The third kappa shape index (κ3) is 2.76. The predicted octanol–water partition coefficient (Wildman–Crippen LogP) is 4.52. The summed E-state index contributed by atoms with van der Waals surface area (Å²) in [5.41, 5.74) is 3.31. The van der Waals surface area contributed by atoms with Crippen molar-refractivity contribution in [2.24, 2.45) is 0 Å². The largest absolute Gasteiger partial charge is 0.356 e. The number of aromatic nitrogens is 2. The molecule has 3 rings (SSSR count). The maximum Gasteiger partial charge on any atom is 0.184 e. The van der Waals surface area contributed by atoms with Crippen LogP contribution in [0.4, 0.5) is 5.13 Å². The quantitative estimate of drug-likeness (QED) is 0.770. The Bertz CT molecular complexity index is 739. The molecule has 1 aromatic carbocycles. The van der Waals surface area contributed by atoms with Gasteiger partial charge in [0.05, 0.1) is 22.5 Å². The monoisotopic (exact) mass is 303 g/mol. The smallest absolute Gasteiger partial charge is 0.184 e. The van der Waals surface area contributed by atoms with Crippen LogP contribution in [0.15, 0.2) is 36.5 Å². The van der Waals surface area contributed by atoms with Gasteiger partial charge in [-0.05, 0) is 36.2 Å². The highest BCUT2D eigenvalue weighted by molar-refractivity contribution is 7.22. The number of fused-ring (bicyclic) bond motifs is 1. The van der Waals surface area contributed by atoms with E-state index in [0.717, 1.165) is 32.5 Å². The summed E-state index contributed by atoms with van der Waals surface area (Å²) < 4.78 is 1.09. The van der Waals surface area contributed by atoms with E-state index in [9.17, 15) is 0 Å². The minimum Gasteiger partial charge on any atom is -0.356 e. The number of thiazole rings is 1. The number of pyridine rings is 1. The molecule has 3 nitrogen and oxygen atoms in total. The van der Waals surface area contributed by atoms with E-state index in [1.54, 1.807) is 11.3 Å². The first-order chi connectivity index (χ1) is 9.76. The molecular weight excluding hydrogens is 290 g/mol. The molecule has 0 aliphatic carbocycles. The first-order valence-corrected chi connectivity index (χ1v) is 7.68. The Morgan fingerprint density at radius 2 is 2.20 bits per heavy atom. The normalized spacial score (nSPS) is 10.9. The second kappa shape index (κ2) is 5.77. The van der Waals surface area contributed by atoms with Crippen molar-refractivity contribution in [1.29, 1.82) is 0 Å². The van der Waals surface area contributed by atoms with Gasteiger partial charge in [-0.3, -0.25) is 4.98 Å². The molecule has 0 atom stereocenters. The molecule has 0 aliphatic heterocycles. The fourth-order valence-corrected chi connectivity index (χ4v) is 3.22. The molecule has 0 saturated carbocycles. The number of hydrogen-bond acceptors (Lipinski definition) is 4. The van der Waals surface area contributed by atoms with Gasteiger partial charge in [0.15, 0.2) is 5.13 Å². The summed E-state index contributed by atoms with van der Waals surface area (Å²) in [6, 6.07) is 9.83. The van der Waals surface area contributed by atoms with E-state index < -0.39 is 0 Å². The lowest BCUT2D eigenvalue weighted by Gasteiger charge is -2.06. The van der Waals surface area contributed by atoms with Crippen LogP contribution in [0, 0.1) is 0 Å². The molecule has 2 heterocycles. The number of aryl methyl sites for hydroxylation is 1. The lowest BCUT2D eigenvalue weighted by Crippen LogP contribution is -2.04. The van der Waals surface area contributed by atoms with Crippen molar-refractivity contribution in [3.8, 4) is 0 Å². The van der Waals surface area contributed by atoms with Gasteiger partial charge in [0.2, 0.25) is 0 Å². The van der Waals surface area contributed by atoms with Gasteiger partial charge in [-0.25, -0.2) is 4.98 Å². The summed E-state index contributed by atoms with van der Waals surface area (Å²) in [6.45, 7) is 2.83. The predicted molar refractivity (Wildman–Crippen MR) is 85.6 cm³/mol. The maximum absolute atomic E-state index is 5.99. The van der Waals surface area contributed by atoms with Crippen molar-refractivity contribution in [3.05, 3.63) is 52.8 Å². The number of nitrogens with zero attached hydrogens (tertiary/aromatic N) is 2. The van der Waals surface area contributed by atoms with Crippen molar-refractivity contribution in [3.63, 3.8) is 0 Å². The number of anilines is 1. The van der Waals surface area contributed by atoms with E-state index in [-0.39, 0.29) is 0 Å². The Kier molecular flexibility index (Phi) is 3.85. The molecule has 0 amide bonds. The minimum atomic E-state index is 0.692. The Morgan fingerprint density at radius 1 is 1.30 bits per heavy atom. The Hall–Kier alpha value is -1.65. The summed E-state index contributed by atoms with van der Waals surface area (Å²) in [4.78, 5) is 8.97. The zero-order chi connectivity index (χ0) is 13.9. The van der Waals surface area contributed by atoms with Crippen LogP contribution >= 0.6 is 22.9 Å². The Balaban J connectivity index is 1.79. The van der Waals surface area contributed by atoms with Crippen LogP contribution in [0.25, 0.3) is 10.2 Å². The molecule has 0 fully saturated rings. The van der Waals surface area contributed by atoms with Gasteiger partial charge in [0, 0.05) is 11.2 Å². The van der Waals surface area contributed by atoms with E-state index in [0.29, 0.717) is 6.54 Å². The molecule has 0 radical (unpaired) electrons. The second-order valence-electron chi connectivity index (χ2n) is 4.45. The number of benzene rings is 1. The lowest BCUT2D eigenvalue weighted by molar-refractivity contribution is 0.970. The van der Waals surface area contributed by atoms with Crippen LogP contribution in [-0.2, 0) is 13.0 Å². The van der Waals surface area contributed by atoms with E-state index in [1.807, 2.05) is 30.5 Å². The molecule has 20 heavy (non-hydrogen) atoms. The second-order valence-corrected chi connectivity index (χ2v) is 5.91. The van der Waals surface area contributed by atoms with Crippen LogP contribution < -0.4 is 5.32 Å². The van der Waals surface area contributed by atoms with Crippen molar-refractivity contribution >= 4 is 38.3 Å². The highest BCUT2D eigenvalue weighted by atomic mass is 35.5. The molecule has 102 valence electrons. The van der Waals surface area contributed by atoms with Crippen LogP contribution in [0.3, 0.4) is 0 Å². The zero-order valence-corrected chi connectivity index (χ0v) is 12.6. The Labute approximate surface area is 126 Å². The maximum atomic E-state index is 5.99. The number of rotatable bonds is 4. The molecule has 0 spiro atoms. The SMILES string of the molecule is CCc1cccnc1CNc1nc2ccc(Cl)cc2s1.